The van der Waals surface area contributed by atoms with E-state index in [0.717, 1.165) is 30.9 Å². The van der Waals surface area contributed by atoms with Crippen LogP contribution in [0.3, 0.4) is 0 Å². The molecule has 3 rings (SSSR count). The van der Waals surface area contributed by atoms with Crippen LogP contribution >= 0.6 is 11.8 Å². The van der Waals surface area contributed by atoms with Crippen molar-refractivity contribution in [3.05, 3.63) is 23.8 Å². The summed E-state index contributed by atoms with van der Waals surface area (Å²) in [6.07, 6.45) is 7.21. The van der Waals surface area contributed by atoms with Crippen LogP contribution in [0.15, 0.2) is 18.2 Å². The highest BCUT2D eigenvalue weighted by atomic mass is 32.2. The van der Waals surface area contributed by atoms with Crippen molar-refractivity contribution in [3.8, 4) is 11.5 Å². The molecular weight excluding hydrogens is 270 g/mol. The van der Waals surface area contributed by atoms with Crippen LogP contribution in [0.2, 0.25) is 0 Å². The molecule has 1 aliphatic carbocycles. The Labute approximate surface area is 125 Å². The van der Waals surface area contributed by atoms with Crippen molar-refractivity contribution < 1.29 is 9.47 Å². The SMILES string of the molecule is CSC1(CNC(C)CCc2ccc3c(c2)OCO3)CC1. The van der Waals surface area contributed by atoms with Gasteiger partial charge in [0.05, 0.1) is 0 Å². The molecule has 1 atom stereocenters. The van der Waals surface area contributed by atoms with Gasteiger partial charge in [0.2, 0.25) is 6.79 Å². The third-order valence-corrected chi connectivity index (χ3v) is 5.73. The van der Waals surface area contributed by atoms with Gasteiger partial charge in [-0.1, -0.05) is 6.07 Å². The van der Waals surface area contributed by atoms with Gasteiger partial charge in [-0.05, 0) is 56.6 Å². The van der Waals surface area contributed by atoms with Crippen molar-refractivity contribution in [1.29, 1.82) is 0 Å². The topological polar surface area (TPSA) is 30.5 Å². The van der Waals surface area contributed by atoms with Gasteiger partial charge in [-0.25, -0.2) is 0 Å². The summed E-state index contributed by atoms with van der Waals surface area (Å²) in [5.41, 5.74) is 1.33. The van der Waals surface area contributed by atoms with Crippen molar-refractivity contribution in [2.75, 3.05) is 19.6 Å². The summed E-state index contributed by atoms with van der Waals surface area (Å²) < 4.78 is 11.3. The Morgan fingerprint density at radius 1 is 1.30 bits per heavy atom. The number of hydrogen-bond acceptors (Lipinski definition) is 4. The van der Waals surface area contributed by atoms with E-state index in [4.69, 9.17) is 9.47 Å². The first kappa shape index (κ1) is 14.1. The summed E-state index contributed by atoms with van der Waals surface area (Å²) in [5, 5.41) is 3.68. The normalized spacial score (nSPS) is 19.9. The molecule has 1 aliphatic heterocycles. The van der Waals surface area contributed by atoms with Gasteiger partial charge < -0.3 is 14.8 Å². The highest BCUT2D eigenvalue weighted by Gasteiger charge is 2.41. The molecule has 0 radical (unpaired) electrons. The fourth-order valence-electron chi connectivity index (χ4n) is 2.53. The summed E-state index contributed by atoms with van der Waals surface area (Å²) >= 11 is 2.02. The number of hydrogen-bond donors (Lipinski definition) is 1. The van der Waals surface area contributed by atoms with E-state index in [9.17, 15) is 0 Å². The van der Waals surface area contributed by atoms with Gasteiger partial charge in [-0.15, -0.1) is 0 Å². The molecule has 1 N–H and O–H groups in total. The quantitative estimate of drug-likeness (QED) is 0.836. The molecule has 3 nitrogen and oxygen atoms in total. The average molecular weight is 293 g/mol. The highest BCUT2D eigenvalue weighted by molar-refractivity contribution is 8.00. The van der Waals surface area contributed by atoms with Gasteiger partial charge in [0, 0.05) is 17.3 Å². The molecule has 1 unspecified atom stereocenters. The van der Waals surface area contributed by atoms with Crippen molar-refractivity contribution in [2.45, 2.75) is 43.4 Å². The maximum Gasteiger partial charge on any atom is 0.231 e. The Morgan fingerprint density at radius 2 is 2.10 bits per heavy atom. The zero-order valence-corrected chi connectivity index (χ0v) is 13.1. The molecule has 1 aromatic rings. The molecule has 20 heavy (non-hydrogen) atoms. The van der Waals surface area contributed by atoms with Crippen LogP contribution in [0.5, 0.6) is 11.5 Å². The number of fused-ring (bicyclic) bond motifs is 1. The Kier molecular flexibility index (Phi) is 4.13. The largest absolute Gasteiger partial charge is 0.454 e. The minimum Gasteiger partial charge on any atom is -0.454 e. The molecule has 0 aromatic heterocycles. The van der Waals surface area contributed by atoms with Crippen molar-refractivity contribution in [2.24, 2.45) is 0 Å². The molecule has 110 valence electrons. The van der Waals surface area contributed by atoms with Gasteiger partial charge >= 0.3 is 0 Å². The number of rotatable bonds is 7. The Balaban J connectivity index is 1.44. The molecule has 1 aromatic carbocycles. The molecule has 2 aliphatic rings. The molecule has 0 amide bonds. The lowest BCUT2D eigenvalue weighted by atomic mass is 10.1. The van der Waals surface area contributed by atoms with Crippen LogP contribution in [0.4, 0.5) is 0 Å². The number of ether oxygens (including phenoxy) is 2. The van der Waals surface area contributed by atoms with Crippen molar-refractivity contribution in [1.82, 2.24) is 5.32 Å². The van der Waals surface area contributed by atoms with Crippen LogP contribution in [-0.2, 0) is 6.42 Å². The van der Waals surface area contributed by atoms with Crippen molar-refractivity contribution in [3.63, 3.8) is 0 Å². The summed E-state index contributed by atoms with van der Waals surface area (Å²) in [6, 6.07) is 6.83. The molecule has 1 fully saturated rings. The first-order valence-electron chi connectivity index (χ1n) is 7.38. The predicted octanol–water partition coefficient (Wildman–Crippen LogP) is 3.22. The molecule has 4 heteroatoms. The first-order chi connectivity index (χ1) is 9.71. The minimum absolute atomic E-state index is 0.355. The maximum absolute atomic E-state index is 5.42. The van der Waals surface area contributed by atoms with E-state index < -0.39 is 0 Å². The summed E-state index contributed by atoms with van der Waals surface area (Å²) in [5.74, 6) is 1.76. The Morgan fingerprint density at radius 3 is 2.85 bits per heavy atom. The van der Waals surface area contributed by atoms with Crippen LogP contribution in [0.25, 0.3) is 0 Å². The van der Waals surface area contributed by atoms with E-state index in [-0.39, 0.29) is 0 Å². The first-order valence-corrected chi connectivity index (χ1v) is 8.60. The fraction of sp³-hybridized carbons (Fsp3) is 0.625. The average Bonchev–Trinajstić information content (AvgIpc) is 3.11. The summed E-state index contributed by atoms with van der Waals surface area (Å²) in [7, 11) is 0. The number of aryl methyl sites for hydroxylation is 1. The van der Waals surface area contributed by atoms with Crippen LogP contribution < -0.4 is 14.8 Å². The second kappa shape index (κ2) is 5.86. The Bertz CT molecular complexity index is 474. The van der Waals surface area contributed by atoms with Crippen molar-refractivity contribution >= 4 is 11.8 Å². The molecule has 1 saturated carbocycles. The van der Waals surface area contributed by atoms with E-state index in [2.05, 4.69) is 30.6 Å². The minimum atomic E-state index is 0.355. The molecule has 0 spiro atoms. The lowest BCUT2D eigenvalue weighted by Gasteiger charge is -2.18. The molecule has 0 saturated heterocycles. The van der Waals surface area contributed by atoms with Crippen LogP contribution in [0.1, 0.15) is 31.7 Å². The number of nitrogens with one attached hydrogen (secondary N) is 1. The fourth-order valence-corrected chi connectivity index (χ4v) is 3.27. The second-order valence-electron chi connectivity index (χ2n) is 5.90. The number of benzene rings is 1. The van der Waals surface area contributed by atoms with E-state index in [1.807, 2.05) is 17.8 Å². The molecule has 1 heterocycles. The van der Waals surface area contributed by atoms with E-state index in [0.29, 0.717) is 17.6 Å². The summed E-state index contributed by atoms with van der Waals surface area (Å²) in [4.78, 5) is 0. The summed E-state index contributed by atoms with van der Waals surface area (Å²) in [6.45, 7) is 3.79. The van der Waals surface area contributed by atoms with Gasteiger partial charge in [-0.2, -0.15) is 11.8 Å². The van der Waals surface area contributed by atoms with Gasteiger partial charge in [-0.3, -0.25) is 0 Å². The van der Waals surface area contributed by atoms with Crippen LogP contribution in [-0.4, -0.2) is 30.4 Å². The third kappa shape index (κ3) is 3.23. The van der Waals surface area contributed by atoms with Gasteiger partial charge in [0.15, 0.2) is 11.5 Å². The van der Waals surface area contributed by atoms with Gasteiger partial charge in [0.1, 0.15) is 0 Å². The predicted molar refractivity (Wildman–Crippen MR) is 83.8 cm³/mol. The molecule has 0 bridgehead atoms. The molecular formula is C16H23NO2S. The maximum atomic E-state index is 5.42. The third-order valence-electron chi connectivity index (χ3n) is 4.32. The van der Waals surface area contributed by atoms with Crippen LogP contribution in [0, 0.1) is 0 Å². The highest BCUT2D eigenvalue weighted by Crippen LogP contribution is 2.46. The Hall–Kier alpha value is -0.870. The lowest BCUT2D eigenvalue weighted by molar-refractivity contribution is 0.174. The number of thioether (sulfide) groups is 1. The zero-order chi connectivity index (χ0) is 14.0. The van der Waals surface area contributed by atoms with E-state index in [1.165, 1.54) is 18.4 Å². The monoisotopic (exact) mass is 293 g/mol. The van der Waals surface area contributed by atoms with E-state index >= 15 is 0 Å². The lowest BCUT2D eigenvalue weighted by Crippen LogP contribution is -2.33. The van der Waals surface area contributed by atoms with Gasteiger partial charge in [0.25, 0.3) is 0 Å². The zero-order valence-electron chi connectivity index (χ0n) is 12.3. The second-order valence-corrected chi connectivity index (χ2v) is 7.17. The standard InChI is InChI=1S/C16H23NO2S/c1-12(17-10-16(20-2)7-8-16)3-4-13-5-6-14-15(9-13)19-11-18-14/h5-6,9,12,17H,3-4,7-8,10-11H2,1-2H3. The smallest absolute Gasteiger partial charge is 0.231 e. The van der Waals surface area contributed by atoms with E-state index in [1.54, 1.807) is 0 Å².